The topological polar surface area (TPSA) is 55.9 Å². The molecule has 6 nitrogen and oxygen atoms in total. The molecular formula is C14H27ClN4O2. The number of nitrogens with zero attached hydrogens (tertiary/aromatic N) is 3. The van der Waals surface area contributed by atoms with Gasteiger partial charge in [-0.3, -0.25) is 14.5 Å². The van der Waals surface area contributed by atoms with Gasteiger partial charge in [0.15, 0.2) is 0 Å². The predicted molar refractivity (Wildman–Crippen MR) is 84.6 cm³/mol. The quantitative estimate of drug-likeness (QED) is 0.779. The molecule has 21 heavy (non-hydrogen) atoms. The molecule has 2 saturated heterocycles. The molecule has 7 heteroatoms. The lowest BCUT2D eigenvalue weighted by Gasteiger charge is -2.29. The number of rotatable bonds is 4. The van der Waals surface area contributed by atoms with Crippen molar-refractivity contribution in [2.45, 2.75) is 25.3 Å². The van der Waals surface area contributed by atoms with Crippen LogP contribution in [0.5, 0.6) is 0 Å². The third-order valence-corrected chi connectivity index (χ3v) is 4.17. The molecule has 2 amide bonds. The van der Waals surface area contributed by atoms with E-state index >= 15 is 0 Å². The van der Waals surface area contributed by atoms with Crippen LogP contribution in [0.25, 0.3) is 0 Å². The van der Waals surface area contributed by atoms with E-state index in [0.29, 0.717) is 13.0 Å². The molecule has 2 rings (SSSR count). The Morgan fingerprint density at radius 1 is 1.19 bits per heavy atom. The van der Waals surface area contributed by atoms with Crippen molar-refractivity contribution in [1.29, 1.82) is 0 Å². The van der Waals surface area contributed by atoms with Gasteiger partial charge < -0.3 is 15.1 Å². The standard InChI is InChI=1S/C14H26N4O2.ClH/c1-16(2)14(20)12-4-3-8-17(12)9-5-13(19)18-10-6-15-7-11-18;/h12,15H,3-11H2,1-2H3;1H. The fraction of sp³-hybridized carbons (Fsp3) is 0.857. The van der Waals surface area contributed by atoms with Crippen LogP contribution in [0.4, 0.5) is 0 Å². The van der Waals surface area contributed by atoms with E-state index in [1.165, 1.54) is 0 Å². The van der Waals surface area contributed by atoms with Crippen LogP contribution in [0.2, 0.25) is 0 Å². The second-order valence-corrected chi connectivity index (χ2v) is 5.81. The fourth-order valence-electron chi connectivity index (χ4n) is 2.98. The molecule has 2 heterocycles. The zero-order valence-electron chi connectivity index (χ0n) is 13.0. The molecule has 0 aromatic heterocycles. The zero-order valence-corrected chi connectivity index (χ0v) is 13.8. The van der Waals surface area contributed by atoms with Crippen molar-refractivity contribution in [3.05, 3.63) is 0 Å². The highest BCUT2D eigenvalue weighted by Gasteiger charge is 2.31. The lowest BCUT2D eigenvalue weighted by molar-refractivity contribution is -0.135. The summed E-state index contributed by atoms with van der Waals surface area (Å²) in [6, 6.07) is -0.0270. The van der Waals surface area contributed by atoms with Crippen LogP contribution < -0.4 is 5.32 Å². The summed E-state index contributed by atoms with van der Waals surface area (Å²) in [6.45, 7) is 5.01. The number of halogens is 1. The number of carbonyl (C=O) groups is 2. The summed E-state index contributed by atoms with van der Waals surface area (Å²) in [7, 11) is 3.59. The van der Waals surface area contributed by atoms with E-state index in [2.05, 4.69) is 10.2 Å². The number of likely N-dealkylation sites (tertiary alicyclic amines) is 1. The molecule has 0 aromatic rings. The van der Waals surface area contributed by atoms with Gasteiger partial charge in [0.2, 0.25) is 11.8 Å². The first kappa shape index (κ1) is 18.2. The van der Waals surface area contributed by atoms with Crippen LogP contribution in [-0.2, 0) is 9.59 Å². The minimum atomic E-state index is -0.0270. The first-order valence-electron chi connectivity index (χ1n) is 7.53. The summed E-state index contributed by atoms with van der Waals surface area (Å²) in [5, 5.41) is 3.25. The van der Waals surface area contributed by atoms with Crippen LogP contribution in [0.15, 0.2) is 0 Å². The van der Waals surface area contributed by atoms with Crippen molar-refractivity contribution in [2.24, 2.45) is 0 Å². The van der Waals surface area contributed by atoms with E-state index in [1.807, 2.05) is 4.90 Å². The molecule has 122 valence electrons. The third-order valence-electron chi connectivity index (χ3n) is 4.17. The number of likely N-dealkylation sites (N-methyl/N-ethyl adjacent to an activating group) is 1. The molecule has 0 aromatic carbocycles. The van der Waals surface area contributed by atoms with Crippen LogP contribution in [-0.4, -0.2) is 85.9 Å². The van der Waals surface area contributed by atoms with Crippen molar-refractivity contribution in [1.82, 2.24) is 20.0 Å². The van der Waals surface area contributed by atoms with Crippen molar-refractivity contribution < 1.29 is 9.59 Å². The highest BCUT2D eigenvalue weighted by molar-refractivity contribution is 5.85. The van der Waals surface area contributed by atoms with Gasteiger partial charge in [0.05, 0.1) is 6.04 Å². The number of nitrogens with one attached hydrogen (secondary N) is 1. The molecule has 1 atom stereocenters. The maximum atomic E-state index is 12.1. The van der Waals surface area contributed by atoms with Crippen molar-refractivity contribution >= 4 is 24.2 Å². The van der Waals surface area contributed by atoms with E-state index in [-0.39, 0.29) is 30.3 Å². The van der Waals surface area contributed by atoms with Gasteiger partial charge >= 0.3 is 0 Å². The maximum Gasteiger partial charge on any atom is 0.239 e. The summed E-state index contributed by atoms with van der Waals surface area (Å²) >= 11 is 0. The van der Waals surface area contributed by atoms with E-state index in [9.17, 15) is 9.59 Å². The summed E-state index contributed by atoms with van der Waals surface area (Å²) in [5.74, 6) is 0.381. The highest BCUT2D eigenvalue weighted by atomic mass is 35.5. The average molecular weight is 319 g/mol. The smallest absolute Gasteiger partial charge is 0.239 e. The Hall–Kier alpha value is -0.850. The van der Waals surface area contributed by atoms with E-state index in [4.69, 9.17) is 0 Å². The van der Waals surface area contributed by atoms with Gasteiger partial charge in [-0.05, 0) is 19.4 Å². The molecule has 0 radical (unpaired) electrons. The number of piperazine rings is 1. The fourth-order valence-corrected chi connectivity index (χ4v) is 2.98. The van der Waals surface area contributed by atoms with Crippen LogP contribution in [0.3, 0.4) is 0 Å². The third kappa shape index (κ3) is 4.83. The first-order valence-corrected chi connectivity index (χ1v) is 7.53. The van der Waals surface area contributed by atoms with Crippen molar-refractivity contribution in [3.63, 3.8) is 0 Å². The van der Waals surface area contributed by atoms with Gasteiger partial charge in [-0.1, -0.05) is 0 Å². The Balaban J connectivity index is 0.00000220. The van der Waals surface area contributed by atoms with Gasteiger partial charge in [-0.25, -0.2) is 0 Å². The van der Waals surface area contributed by atoms with Crippen LogP contribution >= 0.6 is 12.4 Å². The molecule has 0 saturated carbocycles. The lowest BCUT2D eigenvalue weighted by Crippen LogP contribution is -2.48. The van der Waals surface area contributed by atoms with Gasteiger partial charge in [-0.15, -0.1) is 12.4 Å². The normalized spacial score (nSPS) is 22.8. The molecular weight excluding hydrogens is 292 g/mol. The lowest BCUT2D eigenvalue weighted by atomic mass is 10.2. The van der Waals surface area contributed by atoms with Crippen LogP contribution in [0, 0.1) is 0 Å². The molecule has 1 unspecified atom stereocenters. The Morgan fingerprint density at radius 2 is 1.86 bits per heavy atom. The molecule has 2 aliphatic heterocycles. The summed E-state index contributed by atoms with van der Waals surface area (Å²) in [4.78, 5) is 30.0. The molecule has 0 spiro atoms. The number of carbonyl (C=O) groups excluding carboxylic acids is 2. The van der Waals surface area contributed by atoms with E-state index in [1.54, 1.807) is 19.0 Å². The minimum Gasteiger partial charge on any atom is -0.347 e. The Morgan fingerprint density at radius 3 is 2.48 bits per heavy atom. The second-order valence-electron chi connectivity index (χ2n) is 5.81. The summed E-state index contributed by atoms with van der Waals surface area (Å²) in [5.41, 5.74) is 0. The Bertz CT molecular complexity index is 359. The summed E-state index contributed by atoms with van der Waals surface area (Å²) in [6.07, 6.45) is 2.49. The largest absolute Gasteiger partial charge is 0.347 e. The molecule has 2 aliphatic rings. The number of hydrogen-bond acceptors (Lipinski definition) is 4. The maximum absolute atomic E-state index is 12.1. The number of amides is 2. The van der Waals surface area contributed by atoms with Crippen LogP contribution in [0.1, 0.15) is 19.3 Å². The SMILES string of the molecule is CN(C)C(=O)C1CCCN1CCC(=O)N1CCNCC1.Cl. The zero-order chi connectivity index (χ0) is 14.5. The summed E-state index contributed by atoms with van der Waals surface area (Å²) < 4.78 is 0. The second kappa shape index (κ2) is 8.56. The number of hydrogen-bond donors (Lipinski definition) is 1. The minimum absolute atomic E-state index is 0. The Kier molecular flexibility index (Phi) is 7.42. The van der Waals surface area contributed by atoms with E-state index < -0.39 is 0 Å². The first-order chi connectivity index (χ1) is 9.59. The highest BCUT2D eigenvalue weighted by Crippen LogP contribution is 2.19. The van der Waals surface area contributed by atoms with Gasteiger partial charge in [0, 0.05) is 53.2 Å². The van der Waals surface area contributed by atoms with Crippen molar-refractivity contribution in [3.8, 4) is 0 Å². The molecule has 0 bridgehead atoms. The molecule has 1 N–H and O–H groups in total. The van der Waals surface area contributed by atoms with Gasteiger partial charge in [0.25, 0.3) is 0 Å². The average Bonchev–Trinajstić information content (AvgIpc) is 2.93. The monoisotopic (exact) mass is 318 g/mol. The predicted octanol–water partition coefficient (Wildman–Crippen LogP) is -0.217. The van der Waals surface area contributed by atoms with E-state index in [0.717, 1.165) is 45.6 Å². The Labute approximate surface area is 133 Å². The van der Waals surface area contributed by atoms with Gasteiger partial charge in [0.1, 0.15) is 0 Å². The van der Waals surface area contributed by atoms with Crippen molar-refractivity contribution in [2.75, 3.05) is 53.4 Å². The molecule has 0 aliphatic carbocycles. The molecule has 2 fully saturated rings. The van der Waals surface area contributed by atoms with Gasteiger partial charge in [-0.2, -0.15) is 0 Å².